The van der Waals surface area contributed by atoms with Gasteiger partial charge in [-0.2, -0.15) is 5.10 Å². The molecule has 0 N–H and O–H groups in total. The third-order valence-corrected chi connectivity index (χ3v) is 6.06. The summed E-state index contributed by atoms with van der Waals surface area (Å²) in [5.74, 6) is 0.811. The molecular weight excluding hydrogens is 415 g/mol. The number of hydrogen-bond donors (Lipinski definition) is 0. The molecule has 0 saturated carbocycles. The van der Waals surface area contributed by atoms with Crippen molar-refractivity contribution in [1.29, 1.82) is 0 Å². The third kappa shape index (κ3) is 3.04. The van der Waals surface area contributed by atoms with Crippen LogP contribution in [-0.4, -0.2) is 10.7 Å². The minimum absolute atomic E-state index is 0.0390. The smallest absolute Gasteiger partial charge is 0.213 e. The molecule has 0 fully saturated rings. The van der Waals surface area contributed by atoms with Gasteiger partial charge in [0.2, 0.25) is 6.23 Å². The molecule has 0 saturated heterocycles. The standard InChI is InChI=1S/C22H15Cl3N2O/c23-15-7-9-21-16(11-15)20-12-19(13-4-2-1-3-5-13)26-27(20)22(28-21)14-6-8-17(24)18(25)10-14/h1-11,20,22H,12H2/t20-,22-/m0/s1. The highest BCUT2D eigenvalue weighted by Crippen LogP contribution is 2.48. The first kappa shape index (κ1) is 17.9. The molecular formula is C22H15Cl3N2O. The van der Waals surface area contributed by atoms with Crippen molar-refractivity contribution in [3.63, 3.8) is 0 Å². The van der Waals surface area contributed by atoms with Crippen LogP contribution in [0.1, 0.15) is 35.4 Å². The van der Waals surface area contributed by atoms with Crippen LogP contribution in [0.4, 0.5) is 0 Å². The Morgan fingerprint density at radius 3 is 2.50 bits per heavy atom. The van der Waals surface area contributed by atoms with Gasteiger partial charge in [-0.1, -0.05) is 71.2 Å². The number of halogens is 3. The summed E-state index contributed by atoms with van der Waals surface area (Å²) < 4.78 is 6.32. The van der Waals surface area contributed by atoms with Crippen molar-refractivity contribution in [2.75, 3.05) is 0 Å². The van der Waals surface area contributed by atoms with Crippen LogP contribution in [0.15, 0.2) is 71.8 Å². The maximum absolute atomic E-state index is 6.32. The predicted molar refractivity (Wildman–Crippen MR) is 113 cm³/mol. The summed E-state index contributed by atoms with van der Waals surface area (Å²) >= 11 is 18.6. The van der Waals surface area contributed by atoms with Crippen LogP contribution in [0.2, 0.25) is 15.1 Å². The van der Waals surface area contributed by atoms with Crippen LogP contribution in [0, 0.1) is 0 Å². The first-order valence-corrected chi connectivity index (χ1v) is 10.1. The van der Waals surface area contributed by atoms with E-state index >= 15 is 0 Å². The Morgan fingerprint density at radius 1 is 0.893 bits per heavy atom. The van der Waals surface area contributed by atoms with Gasteiger partial charge in [-0.05, 0) is 35.9 Å². The minimum Gasteiger partial charge on any atom is -0.464 e. The number of ether oxygens (including phenoxy) is 1. The van der Waals surface area contributed by atoms with Crippen molar-refractivity contribution in [2.45, 2.75) is 18.7 Å². The molecule has 5 rings (SSSR count). The van der Waals surface area contributed by atoms with Gasteiger partial charge in [-0.3, -0.25) is 0 Å². The molecule has 3 nitrogen and oxygen atoms in total. The second-order valence-corrected chi connectivity index (χ2v) is 8.09. The van der Waals surface area contributed by atoms with Gasteiger partial charge in [0, 0.05) is 22.6 Å². The molecule has 28 heavy (non-hydrogen) atoms. The highest BCUT2D eigenvalue weighted by Gasteiger charge is 2.41. The zero-order valence-corrected chi connectivity index (χ0v) is 16.9. The number of fused-ring (bicyclic) bond motifs is 3. The molecule has 140 valence electrons. The van der Waals surface area contributed by atoms with E-state index in [1.54, 1.807) is 6.07 Å². The summed E-state index contributed by atoms with van der Waals surface area (Å²) in [5, 5.41) is 8.62. The molecule has 0 spiro atoms. The lowest BCUT2D eigenvalue weighted by molar-refractivity contribution is -0.0190. The van der Waals surface area contributed by atoms with Crippen molar-refractivity contribution in [2.24, 2.45) is 5.10 Å². The molecule has 0 aliphatic carbocycles. The molecule has 3 aromatic carbocycles. The highest BCUT2D eigenvalue weighted by atomic mass is 35.5. The van der Waals surface area contributed by atoms with Gasteiger partial charge in [0.25, 0.3) is 0 Å². The molecule has 2 heterocycles. The van der Waals surface area contributed by atoms with Crippen molar-refractivity contribution in [3.05, 3.63) is 98.5 Å². The van der Waals surface area contributed by atoms with Gasteiger partial charge >= 0.3 is 0 Å². The molecule has 0 bridgehead atoms. The van der Waals surface area contributed by atoms with E-state index in [1.165, 1.54) is 0 Å². The van der Waals surface area contributed by atoms with Crippen molar-refractivity contribution in [3.8, 4) is 5.75 Å². The normalized spacial score (nSPS) is 20.2. The Labute approximate surface area is 178 Å². The molecule has 3 aromatic rings. The van der Waals surface area contributed by atoms with E-state index in [9.17, 15) is 0 Å². The summed E-state index contributed by atoms with van der Waals surface area (Å²) in [4.78, 5) is 0. The Bertz CT molecular complexity index is 1080. The van der Waals surface area contributed by atoms with Crippen LogP contribution in [0.3, 0.4) is 0 Å². The van der Waals surface area contributed by atoms with Crippen molar-refractivity contribution < 1.29 is 4.74 Å². The van der Waals surface area contributed by atoms with E-state index in [1.807, 2.05) is 53.5 Å². The fraction of sp³-hybridized carbons (Fsp3) is 0.136. The summed E-state index contributed by atoms with van der Waals surface area (Å²) in [5.41, 5.74) is 4.07. The lowest BCUT2D eigenvalue weighted by Crippen LogP contribution is -2.33. The summed E-state index contributed by atoms with van der Waals surface area (Å²) in [6.07, 6.45) is 0.382. The zero-order valence-electron chi connectivity index (χ0n) is 14.6. The Kier molecular flexibility index (Phi) is 4.47. The topological polar surface area (TPSA) is 24.8 Å². The molecule has 0 amide bonds. The largest absolute Gasteiger partial charge is 0.464 e. The van der Waals surface area contributed by atoms with Crippen LogP contribution in [0.25, 0.3) is 0 Å². The zero-order chi connectivity index (χ0) is 19.3. The maximum Gasteiger partial charge on any atom is 0.213 e. The van der Waals surface area contributed by atoms with Crippen LogP contribution in [-0.2, 0) is 0 Å². The maximum atomic E-state index is 6.32. The number of hydrogen-bond acceptors (Lipinski definition) is 3. The molecule has 2 atom stereocenters. The first-order chi connectivity index (χ1) is 13.6. The summed E-state index contributed by atoms with van der Waals surface area (Å²) in [7, 11) is 0. The molecule has 2 aliphatic heterocycles. The Morgan fingerprint density at radius 2 is 1.71 bits per heavy atom. The number of benzene rings is 3. The molecule has 0 aromatic heterocycles. The van der Waals surface area contributed by atoms with Gasteiger partial charge in [0.1, 0.15) is 5.75 Å². The first-order valence-electron chi connectivity index (χ1n) is 8.92. The van der Waals surface area contributed by atoms with E-state index in [0.29, 0.717) is 15.1 Å². The average molecular weight is 430 g/mol. The fourth-order valence-electron chi connectivity index (χ4n) is 3.75. The lowest BCUT2D eigenvalue weighted by Gasteiger charge is -2.38. The second kappa shape index (κ2) is 7.00. The van der Waals surface area contributed by atoms with Crippen molar-refractivity contribution >= 4 is 40.5 Å². The van der Waals surface area contributed by atoms with Crippen LogP contribution in [0.5, 0.6) is 5.75 Å². The Balaban J connectivity index is 1.62. The van der Waals surface area contributed by atoms with E-state index in [-0.39, 0.29) is 6.04 Å². The van der Waals surface area contributed by atoms with Gasteiger partial charge in [0.05, 0.1) is 21.8 Å². The molecule has 0 unspecified atom stereocenters. The summed E-state index contributed by atoms with van der Waals surface area (Å²) in [6.45, 7) is 0. The lowest BCUT2D eigenvalue weighted by atomic mass is 9.96. The summed E-state index contributed by atoms with van der Waals surface area (Å²) in [6, 6.07) is 21.5. The Hall–Kier alpha value is -2.20. The molecule has 2 aliphatic rings. The van der Waals surface area contributed by atoms with E-state index in [0.717, 1.165) is 34.6 Å². The monoisotopic (exact) mass is 428 g/mol. The van der Waals surface area contributed by atoms with E-state index in [4.69, 9.17) is 44.6 Å². The third-order valence-electron chi connectivity index (χ3n) is 5.09. The predicted octanol–water partition coefficient (Wildman–Crippen LogP) is 6.89. The SMILES string of the molecule is Clc1ccc2c(c1)[C@@H]1CC(c3ccccc3)=NN1[C@H](c1ccc(Cl)c(Cl)c1)O2. The average Bonchev–Trinajstić information content (AvgIpc) is 3.16. The molecule has 6 heteroatoms. The van der Waals surface area contributed by atoms with Gasteiger partial charge in [0.15, 0.2) is 0 Å². The molecule has 0 radical (unpaired) electrons. The number of rotatable bonds is 2. The van der Waals surface area contributed by atoms with Gasteiger partial charge in [-0.25, -0.2) is 5.01 Å². The van der Waals surface area contributed by atoms with Gasteiger partial charge < -0.3 is 4.74 Å². The van der Waals surface area contributed by atoms with Crippen LogP contribution < -0.4 is 4.74 Å². The minimum atomic E-state index is -0.394. The van der Waals surface area contributed by atoms with E-state index < -0.39 is 6.23 Å². The van der Waals surface area contributed by atoms with Gasteiger partial charge in [-0.15, -0.1) is 0 Å². The van der Waals surface area contributed by atoms with E-state index in [2.05, 4.69) is 12.1 Å². The van der Waals surface area contributed by atoms with Crippen molar-refractivity contribution in [1.82, 2.24) is 5.01 Å². The fourth-order valence-corrected chi connectivity index (χ4v) is 4.24. The quantitative estimate of drug-likeness (QED) is 0.443. The second-order valence-electron chi connectivity index (χ2n) is 6.84. The number of nitrogens with zero attached hydrogens (tertiary/aromatic N) is 2. The van der Waals surface area contributed by atoms with Crippen LogP contribution >= 0.6 is 34.8 Å². The highest BCUT2D eigenvalue weighted by molar-refractivity contribution is 6.42. The number of hydrazone groups is 1.